The van der Waals surface area contributed by atoms with E-state index in [1.807, 2.05) is 72.8 Å². The second-order valence-corrected chi connectivity index (χ2v) is 14.9. The molecule has 0 bridgehead atoms. The molecule has 0 N–H and O–H groups in total. The van der Waals surface area contributed by atoms with Gasteiger partial charge in [0.15, 0.2) is 23.2 Å². The van der Waals surface area contributed by atoms with Crippen LogP contribution in [0.4, 0.5) is 5.69 Å². The third-order valence-corrected chi connectivity index (χ3v) is 11.2. The van der Waals surface area contributed by atoms with Gasteiger partial charge in [-0.2, -0.15) is 0 Å². The van der Waals surface area contributed by atoms with E-state index in [2.05, 4.69) is 136 Å². The van der Waals surface area contributed by atoms with E-state index in [-0.39, 0.29) is 0 Å². The fraction of sp³-hybridized carbons (Fsp3) is 0.0189. The first-order chi connectivity index (χ1) is 29.1. The third-order valence-electron chi connectivity index (χ3n) is 11.2. The van der Waals surface area contributed by atoms with Crippen molar-refractivity contribution in [3.05, 3.63) is 205 Å². The summed E-state index contributed by atoms with van der Waals surface area (Å²) in [5.41, 5.74) is 12.8. The van der Waals surface area contributed by atoms with E-state index < -0.39 is 0 Å². The zero-order chi connectivity index (χ0) is 39.5. The van der Waals surface area contributed by atoms with Gasteiger partial charge < -0.3 is 9.13 Å². The summed E-state index contributed by atoms with van der Waals surface area (Å²) in [7, 11) is 0. The molecule has 0 saturated carbocycles. The monoisotopic (exact) mass is 754 g/mol. The molecule has 0 amide bonds. The Hall–Kier alpha value is -8.14. The molecule has 0 aliphatic carbocycles. The summed E-state index contributed by atoms with van der Waals surface area (Å²) in [4.78, 5) is 19.2. The lowest BCUT2D eigenvalue weighted by molar-refractivity contribution is 1.06. The largest absolute Gasteiger partial charge is 0.310 e. The Morgan fingerprint density at radius 1 is 0.407 bits per heavy atom. The molecular weight excluding hydrogens is 721 g/mol. The molecule has 11 rings (SSSR count). The number of aromatic nitrogens is 5. The third kappa shape index (κ3) is 5.76. The van der Waals surface area contributed by atoms with Crippen LogP contribution in [0.2, 0.25) is 0 Å². The van der Waals surface area contributed by atoms with Gasteiger partial charge in [-0.15, -0.1) is 0 Å². The van der Waals surface area contributed by atoms with Crippen LogP contribution in [0.5, 0.6) is 0 Å². The fourth-order valence-electron chi connectivity index (χ4n) is 8.52. The van der Waals surface area contributed by atoms with Crippen molar-refractivity contribution in [3.63, 3.8) is 0 Å². The summed E-state index contributed by atoms with van der Waals surface area (Å²) in [6.45, 7) is 10.2. The van der Waals surface area contributed by atoms with Crippen molar-refractivity contribution in [2.24, 2.45) is 0 Å². The molecule has 6 nitrogen and oxygen atoms in total. The molecular formula is C53H34N6. The second kappa shape index (κ2) is 13.8. The Bertz CT molecular complexity index is 3350. The highest BCUT2D eigenvalue weighted by atomic mass is 15.1. The van der Waals surface area contributed by atoms with Gasteiger partial charge >= 0.3 is 0 Å². The van der Waals surface area contributed by atoms with E-state index in [4.69, 9.17) is 21.5 Å². The molecule has 59 heavy (non-hydrogen) atoms. The molecule has 0 aliphatic heterocycles. The van der Waals surface area contributed by atoms with Gasteiger partial charge in [0, 0.05) is 43.9 Å². The first-order valence-electron chi connectivity index (χ1n) is 19.6. The average molecular weight is 755 g/mol. The van der Waals surface area contributed by atoms with Gasteiger partial charge in [-0.05, 0) is 78.7 Å². The first kappa shape index (κ1) is 34.1. The maximum Gasteiger partial charge on any atom is 0.189 e. The van der Waals surface area contributed by atoms with Gasteiger partial charge in [-0.1, -0.05) is 133 Å². The van der Waals surface area contributed by atoms with Crippen LogP contribution in [0, 0.1) is 13.5 Å². The molecule has 0 unspecified atom stereocenters. The van der Waals surface area contributed by atoms with E-state index in [9.17, 15) is 0 Å². The number of rotatable bonds is 6. The summed E-state index contributed by atoms with van der Waals surface area (Å²) in [6.07, 6.45) is 0. The molecule has 0 spiro atoms. The molecule has 0 radical (unpaired) electrons. The highest BCUT2D eigenvalue weighted by Crippen LogP contribution is 2.40. The Kier molecular flexibility index (Phi) is 7.99. The van der Waals surface area contributed by atoms with Crippen LogP contribution in [0.1, 0.15) is 5.56 Å². The van der Waals surface area contributed by atoms with Crippen LogP contribution in [-0.4, -0.2) is 24.1 Å². The average Bonchev–Trinajstić information content (AvgIpc) is 3.82. The standard InChI is InChI=1S/C53H34N6/c1-34-25-27-50(45(29-34)53-56-51(35-15-5-3-6-16-35)55-52(57-53)36-17-7-4-8-18-36)59-48-24-14-11-21-43(48)44-32-37(26-28-49(44)59)38-30-39(54-2)33-40(31-38)58-46-22-12-9-19-41(46)42-20-10-13-23-47(42)58/h3-33H,1H3. The van der Waals surface area contributed by atoms with Crippen LogP contribution in [0.15, 0.2) is 188 Å². The highest BCUT2D eigenvalue weighted by molar-refractivity contribution is 6.11. The van der Waals surface area contributed by atoms with Gasteiger partial charge in [0.25, 0.3) is 0 Å². The SMILES string of the molecule is [C-]#[N+]c1cc(-c2ccc3c(c2)c2ccccc2n3-c2ccc(C)cc2-c2nc(-c3ccccc3)nc(-c3ccccc3)n2)cc(-n2c3ccccc3c3ccccc32)c1. The van der Waals surface area contributed by atoms with E-state index >= 15 is 0 Å². The molecule has 8 aromatic carbocycles. The zero-order valence-electron chi connectivity index (χ0n) is 32.1. The number of nitrogens with zero attached hydrogens (tertiary/aromatic N) is 6. The smallest absolute Gasteiger partial charge is 0.189 e. The minimum Gasteiger partial charge on any atom is -0.310 e. The lowest BCUT2D eigenvalue weighted by Gasteiger charge is -2.15. The molecule has 3 heterocycles. The van der Waals surface area contributed by atoms with Crippen molar-refractivity contribution in [2.45, 2.75) is 6.92 Å². The van der Waals surface area contributed by atoms with Crippen LogP contribution < -0.4 is 0 Å². The summed E-state index contributed by atoms with van der Waals surface area (Å²) >= 11 is 0. The number of aryl methyl sites for hydroxylation is 1. The van der Waals surface area contributed by atoms with E-state index in [1.165, 1.54) is 10.8 Å². The van der Waals surface area contributed by atoms with Crippen molar-refractivity contribution in [2.75, 3.05) is 0 Å². The Morgan fingerprint density at radius 2 is 0.932 bits per heavy atom. The predicted octanol–water partition coefficient (Wildman–Crippen LogP) is 13.6. The van der Waals surface area contributed by atoms with Crippen molar-refractivity contribution < 1.29 is 0 Å². The van der Waals surface area contributed by atoms with Gasteiger partial charge in [0.2, 0.25) is 0 Å². The molecule has 0 fully saturated rings. The fourth-order valence-corrected chi connectivity index (χ4v) is 8.52. The van der Waals surface area contributed by atoms with Crippen LogP contribution in [-0.2, 0) is 0 Å². The number of hydrogen-bond acceptors (Lipinski definition) is 3. The maximum absolute atomic E-state index is 8.12. The number of para-hydroxylation sites is 3. The van der Waals surface area contributed by atoms with Gasteiger partial charge in [-0.3, -0.25) is 0 Å². The van der Waals surface area contributed by atoms with E-state index in [0.29, 0.717) is 23.2 Å². The summed E-state index contributed by atoms with van der Waals surface area (Å²) < 4.78 is 4.61. The maximum atomic E-state index is 8.12. The number of fused-ring (bicyclic) bond motifs is 6. The van der Waals surface area contributed by atoms with E-state index in [1.54, 1.807) is 0 Å². The van der Waals surface area contributed by atoms with Crippen molar-refractivity contribution in [1.29, 1.82) is 0 Å². The van der Waals surface area contributed by atoms with Crippen molar-refractivity contribution in [3.8, 4) is 56.7 Å². The minimum atomic E-state index is 0.591. The first-order valence-corrected chi connectivity index (χ1v) is 19.6. The quantitative estimate of drug-likeness (QED) is 0.159. The Balaban J connectivity index is 1.11. The summed E-state index contributed by atoms with van der Waals surface area (Å²) in [6, 6.07) is 65.1. The summed E-state index contributed by atoms with van der Waals surface area (Å²) in [5.74, 6) is 1.85. The summed E-state index contributed by atoms with van der Waals surface area (Å²) in [5, 5.41) is 4.62. The van der Waals surface area contributed by atoms with Gasteiger partial charge in [-0.25, -0.2) is 19.8 Å². The molecule has 3 aromatic heterocycles. The highest BCUT2D eigenvalue weighted by Gasteiger charge is 2.21. The van der Waals surface area contributed by atoms with Crippen LogP contribution in [0.25, 0.3) is 105 Å². The predicted molar refractivity (Wildman–Crippen MR) is 241 cm³/mol. The molecule has 0 atom stereocenters. The van der Waals surface area contributed by atoms with E-state index in [0.717, 1.165) is 77.6 Å². The van der Waals surface area contributed by atoms with Crippen LogP contribution in [0.3, 0.4) is 0 Å². The number of hydrogen-bond donors (Lipinski definition) is 0. The molecule has 0 saturated heterocycles. The van der Waals surface area contributed by atoms with Crippen molar-refractivity contribution in [1.82, 2.24) is 24.1 Å². The van der Waals surface area contributed by atoms with Crippen LogP contribution >= 0.6 is 0 Å². The van der Waals surface area contributed by atoms with Gasteiger partial charge in [0.05, 0.1) is 34.3 Å². The molecule has 0 aliphatic rings. The topological polar surface area (TPSA) is 52.9 Å². The Morgan fingerprint density at radius 3 is 1.54 bits per heavy atom. The number of benzene rings is 8. The lowest BCUT2D eigenvalue weighted by Crippen LogP contribution is -2.04. The lowest BCUT2D eigenvalue weighted by atomic mass is 10.0. The molecule has 276 valence electrons. The van der Waals surface area contributed by atoms with Gasteiger partial charge in [0.1, 0.15) is 0 Å². The Labute approximate surface area is 340 Å². The normalized spacial score (nSPS) is 11.5. The second-order valence-electron chi connectivity index (χ2n) is 14.9. The molecule has 11 aromatic rings. The molecule has 6 heteroatoms. The minimum absolute atomic E-state index is 0.591. The zero-order valence-corrected chi connectivity index (χ0v) is 32.1. The van der Waals surface area contributed by atoms with Crippen molar-refractivity contribution >= 4 is 49.3 Å².